The number of hydrogen-bond acceptors (Lipinski definition) is 4. The Labute approximate surface area is 166 Å². The van der Waals surface area contributed by atoms with E-state index in [-0.39, 0.29) is 0 Å². The second-order valence-electron chi connectivity index (χ2n) is 7.49. The third-order valence-corrected chi connectivity index (χ3v) is 6.92. The van der Waals surface area contributed by atoms with Crippen molar-refractivity contribution in [1.82, 2.24) is 8.75 Å². The second kappa shape index (κ2) is 9.09. The summed E-state index contributed by atoms with van der Waals surface area (Å²) in [6, 6.07) is 6.94. The monoisotopic (exact) mass is 386 g/mol. The van der Waals surface area contributed by atoms with Crippen molar-refractivity contribution in [3.8, 4) is 10.4 Å². The first-order valence-electron chi connectivity index (χ1n) is 9.99. The van der Waals surface area contributed by atoms with Crippen LogP contribution in [-0.2, 0) is 0 Å². The zero-order valence-corrected chi connectivity index (χ0v) is 18.1. The molecule has 2 aromatic heterocycles. The smallest absolute Gasteiger partial charge is 0.113 e. The highest BCUT2D eigenvalue weighted by Gasteiger charge is 2.17. The molecule has 3 aromatic rings. The van der Waals surface area contributed by atoms with Gasteiger partial charge in [-0.15, -0.1) is 11.3 Å². The summed E-state index contributed by atoms with van der Waals surface area (Å²) >= 11 is 3.19. The minimum Gasteiger partial charge on any atom is -0.173 e. The number of unbranched alkanes of at least 4 members (excludes halogenated alkanes) is 2. The quantitative estimate of drug-likeness (QED) is 0.372. The van der Waals surface area contributed by atoms with Crippen LogP contribution in [0.15, 0.2) is 23.6 Å². The highest BCUT2D eigenvalue weighted by atomic mass is 32.1. The molecular formula is C22H30N2S2. The van der Waals surface area contributed by atoms with Gasteiger partial charge in [-0.25, -0.2) is 0 Å². The van der Waals surface area contributed by atoms with Gasteiger partial charge in [0.15, 0.2) is 0 Å². The van der Waals surface area contributed by atoms with Crippen LogP contribution in [-0.4, -0.2) is 8.75 Å². The van der Waals surface area contributed by atoms with E-state index in [1.807, 2.05) is 11.3 Å². The average molecular weight is 387 g/mol. The van der Waals surface area contributed by atoms with Crippen LogP contribution in [0.1, 0.15) is 89.2 Å². The fraction of sp³-hybridized carbons (Fsp3) is 0.545. The normalized spacial score (nSPS) is 14.0. The van der Waals surface area contributed by atoms with Gasteiger partial charge < -0.3 is 0 Å². The molecule has 140 valence electrons. The average Bonchev–Trinajstić information content (AvgIpc) is 3.32. The first-order valence-corrected chi connectivity index (χ1v) is 11.6. The lowest BCUT2D eigenvalue weighted by Crippen LogP contribution is -1.96. The summed E-state index contributed by atoms with van der Waals surface area (Å²) in [4.78, 5) is 1.33. The summed E-state index contributed by atoms with van der Waals surface area (Å²) in [6.45, 7) is 9.19. The summed E-state index contributed by atoms with van der Waals surface area (Å²) in [7, 11) is 0. The van der Waals surface area contributed by atoms with Crippen LogP contribution in [0, 0.1) is 0 Å². The molecule has 0 N–H and O–H groups in total. The van der Waals surface area contributed by atoms with Gasteiger partial charge in [-0.1, -0.05) is 65.5 Å². The summed E-state index contributed by atoms with van der Waals surface area (Å²) in [6.07, 6.45) is 7.58. The van der Waals surface area contributed by atoms with E-state index in [0.717, 1.165) is 11.0 Å². The fourth-order valence-electron chi connectivity index (χ4n) is 3.58. The van der Waals surface area contributed by atoms with E-state index >= 15 is 0 Å². The molecule has 2 atom stereocenters. The minimum absolute atomic E-state index is 0.545. The molecule has 1 aromatic carbocycles. The van der Waals surface area contributed by atoms with Crippen LogP contribution in [0.5, 0.6) is 0 Å². The number of benzene rings is 1. The van der Waals surface area contributed by atoms with Crippen LogP contribution in [0.4, 0.5) is 0 Å². The zero-order chi connectivity index (χ0) is 18.5. The Morgan fingerprint density at radius 2 is 1.62 bits per heavy atom. The zero-order valence-electron chi connectivity index (χ0n) is 16.4. The van der Waals surface area contributed by atoms with Gasteiger partial charge in [0.25, 0.3) is 0 Å². The number of rotatable bonds is 9. The van der Waals surface area contributed by atoms with Gasteiger partial charge in [0.1, 0.15) is 11.0 Å². The van der Waals surface area contributed by atoms with Gasteiger partial charge in [0.05, 0.1) is 11.7 Å². The lowest BCUT2D eigenvalue weighted by atomic mass is 9.92. The third-order valence-electron chi connectivity index (χ3n) is 5.41. The molecular weight excluding hydrogens is 356 g/mol. The summed E-state index contributed by atoms with van der Waals surface area (Å²) < 4.78 is 9.31. The molecule has 3 rings (SSSR count). The lowest BCUT2D eigenvalue weighted by Gasteiger charge is -2.12. The summed E-state index contributed by atoms with van der Waals surface area (Å²) in [5, 5.41) is 2.33. The predicted molar refractivity (Wildman–Crippen MR) is 117 cm³/mol. The summed E-state index contributed by atoms with van der Waals surface area (Å²) in [5.41, 5.74) is 6.28. The van der Waals surface area contributed by atoms with E-state index in [2.05, 4.69) is 60.0 Å². The number of aromatic nitrogens is 2. The number of hydrogen-bond donors (Lipinski definition) is 0. The van der Waals surface area contributed by atoms with E-state index in [1.54, 1.807) is 0 Å². The highest BCUT2D eigenvalue weighted by Crippen LogP contribution is 2.38. The van der Waals surface area contributed by atoms with E-state index in [9.17, 15) is 0 Å². The van der Waals surface area contributed by atoms with E-state index < -0.39 is 0 Å². The highest BCUT2D eigenvalue weighted by molar-refractivity contribution is 7.13. The Kier molecular flexibility index (Phi) is 6.82. The van der Waals surface area contributed by atoms with Crippen molar-refractivity contribution in [1.29, 1.82) is 0 Å². The van der Waals surface area contributed by atoms with Crippen LogP contribution >= 0.6 is 23.1 Å². The maximum Gasteiger partial charge on any atom is 0.113 e. The molecule has 2 unspecified atom stereocenters. The van der Waals surface area contributed by atoms with Gasteiger partial charge in [0, 0.05) is 10.4 Å². The van der Waals surface area contributed by atoms with Crippen molar-refractivity contribution < 1.29 is 0 Å². The van der Waals surface area contributed by atoms with Crippen LogP contribution in [0.2, 0.25) is 0 Å². The van der Waals surface area contributed by atoms with Crippen LogP contribution < -0.4 is 0 Å². The Morgan fingerprint density at radius 3 is 2.35 bits per heavy atom. The van der Waals surface area contributed by atoms with Crippen molar-refractivity contribution in [3.63, 3.8) is 0 Å². The first kappa shape index (κ1) is 19.5. The number of nitrogens with zero attached hydrogens (tertiary/aromatic N) is 2. The number of thiophene rings is 1. The molecule has 0 saturated carbocycles. The molecule has 26 heavy (non-hydrogen) atoms. The SMILES string of the molecule is CCCCC(C)c1csc(-c2ccc(C(C)CCCC)c3nsnc23)c1. The maximum absolute atomic E-state index is 4.66. The molecule has 4 heteroatoms. The molecule has 0 aliphatic carbocycles. The van der Waals surface area contributed by atoms with E-state index in [0.29, 0.717) is 11.8 Å². The van der Waals surface area contributed by atoms with Gasteiger partial charge in [-0.2, -0.15) is 8.75 Å². The van der Waals surface area contributed by atoms with Gasteiger partial charge >= 0.3 is 0 Å². The number of fused-ring (bicyclic) bond motifs is 1. The van der Waals surface area contributed by atoms with Gasteiger partial charge in [-0.3, -0.25) is 0 Å². The molecule has 0 aliphatic rings. The van der Waals surface area contributed by atoms with E-state index in [1.165, 1.54) is 71.8 Å². The van der Waals surface area contributed by atoms with Gasteiger partial charge in [0.2, 0.25) is 0 Å². The minimum atomic E-state index is 0.545. The molecule has 0 bridgehead atoms. The molecule has 2 nitrogen and oxygen atoms in total. The maximum atomic E-state index is 4.66. The van der Waals surface area contributed by atoms with Crippen molar-refractivity contribution in [2.75, 3.05) is 0 Å². The van der Waals surface area contributed by atoms with E-state index in [4.69, 9.17) is 0 Å². The summed E-state index contributed by atoms with van der Waals surface area (Å²) in [5.74, 6) is 1.18. The van der Waals surface area contributed by atoms with Crippen LogP contribution in [0.25, 0.3) is 21.5 Å². The molecule has 0 aliphatic heterocycles. The van der Waals surface area contributed by atoms with Crippen molar-refractivity contribution >= 4 is 34.1 Å². The van der Waals surface area contributed by atoms with Crippen molar-refractivity contribution in [2.24, 2.45) is 0 Å². The second-order valence-corrected chi connectivity index (χ2v) is 8.93. The lowest BCUT2D eigenvalue weighted by molar-refractivity contribution is 0.626. The fourth-order valence-corrected chi connectivity index (χ4v) is 5.22. The molecule has 0 amide bonds. The molecule has 0 radical (unpaired) electrons. The first-order chi connectivity index (χ1) is 12.7. The standard InChI is InChI=1S/C22H30N2S2/c1-5-7-9-15(3)17-13-20(25-14-17)19-12-11-18(16(4)10-8-6-2)21-22(19)24-26-23-21/h11-16H,5-10H2,1-4H3. The van der Waals surface area contributed by atoms with Crippen molar-refractivity contribution in [2.45, 2.75) is 78.1 Å². The Balaban J connectivity index is 1.90. The molecule has 0 fully saturated rings. The Morgan fingerprint density at radius 1 is 0.923 bits per heavy atom. The largest absolute Gasteiger partial charge is 0.173 e. The van der Waals surface area contributed by atoms with Crippen LogP contribution in [0.3, 0.4) is 0 Å². The predicted octanol–water partition coefficient (Wildman–Crippen LogP) is 8.01. The Bertz CT molecular complexity index is 834. The molecule has 0 spiro atoms. The topological polar surface area (TPSA) is 25.8 Å². The molecule has 0 saturated heterocycles. The van der Waals surface area contributed by atoms with Gasteiger partial charge in [-0.05, 0) is 47.3 Å². The third kappa shape index (κ3) is 4.17. The van der Waals surface area contributed by atoms with Crippen molar-refractivity contribution in [3.05, 3.63) is 34.7 Å². The molecule has 2 heterocycles. The Hall–Kier alpha value is -1.26.